The minimum absolute atomic E-state index is 0.469. The summed E-state index contributed by atoms with van der Waals surface area (Å²) in [5.41, 5.74) is 1.44. The molecule has 0 aliphatic carbocycles. The fourth-order valence-electron chi connectivity index (χ4n) is 3.25. The number of pyridine rings is 1. The molecular formula is C22H27N7O2S. The highest BCUT2D eigenvalue weighted by Crippen LogP contribution is 2.33. The maximum atomic E-state index is 10.3. The van der Waals surface area contributed by atoms with E-state index in [1.807, 2.05) is 29.9 Å². The number of anilines is 4. The van der Waals surface area contributed by atoms with Crippen LogP contribution >= 0.6 is 11.3 Å². The quantitative estimate of drug-likeness (QED) is 0.321. The Hall–Kier alpha value is -3.08. The molecule has 0 saturated heterocycles. The predicted octanol–water partition coefficient (Wildman–Crippen LogP) is 4.34. The van der Waals surface area contributed by atoms with Crippen LogP contribution in [-0.2, 0) is 16.9 Å². The third-order valence-electron chi connectivity index (χ3n) is 4.86. The Kier molecular flexibility index (Phi) is 6.35. The molecule has 0 unspecified atom stereocenters. The van der Waals surface area contributed by atoms with Crippen molar-refractivity contribution in [2.24, 2.45) is 0 Å². The van der Waals surface area contributed by atoms with Gasteiger partial charge >= 0.3 is 0 Å². The van der Waals surface area contributed by atoms with Crippen LogP contribution in [0.5, 0.6) is 0 Å². The molecule has 0 radical (unpaired) electrons. The molecule has 0 aromatic carbocycles. The molecule has 4 heterocycles. The summed E-state index contributed by atoms with van der Waals surface area (Å²) >= 11 is 1.56. The van der Waals surface area contributed by atoms with E-state index in [1.54, 1.807) is 44.6 Å². The van der Waals surface area contributed by atoms with E-state index in [9.17, 15) is 5.11 Å². The first-order valence-corrected chi connectivity index (χ1v) is 11.2. The van der Waals surface area contributed by atoms with E-state index in [2.05, 4.69) is 31.1 Å². The van der Waals surface area contributed by atoms with E-state index >= 15 is 0 Å². The molecule has 3 N–H and O–H groups in total. The highest BCUT2D eigenvalue weighted by atomic mass is 32.1. The SMILES string of the molecule is COCCCn1cc(Nc2nc(Nc3cccc(C(C)(C)O)n3)c3c(C)csc3n2)cn1. The molecule has 10 heteroatoms. The number of rotatable bonds is 9. The fraction of sp³-hybridized carbons (Fsp3) is 0.364. The zero-order valence-electron chi connectivity index (χ0n) is 18.6. The van der Waals surface area contributed by atoms with Crippen LogP contribution in [0.15, 0.2) is 36.0 Å². The van der Waals surface area contributed by atoms with Crippen LogP contribution in [0.25, 0.3) is 10.2 Å². The van der Waals surface area contributed by atoms with Gasteiger partial charge in [0.15, 0.2) is 0 Å². The number of fused-ring (bicyclic) bond motifs is 1. The molecule has 0 bridgehead atoms. The van der Waals surface area contributed by atoms with Crippen molar-refractivity contribution in [3.63, 3.8) is 0 Å². The van der Waals surface area contributed by atoms with Crippen LogP contribution in [0.3, 0.4) is 0 Å². The molecule has 0 aliphatic rings. The van der Waals surface area contributed by atoms with Crippen molar-refractivity contribution in [2.45, 2.75) is 39.3 Å². The average molecular weight is 454 g/mol. The van der Waals surface area contributed by atoms with Crippen LogP contribution < -0.4 is 10.6 Å². The number of ether oxygens (including phenoxy) is 1. The molecule has 9 nitrogen and oxygen atoms in total. The number of aryl methyl sites for hydroxylation is 2. The maximum Gasteiger partial charge on any atom is 0.230 e. The normalized spacial score (nSPS) is 11.8. The van der Waals surface area contributed by atoms with Crippen LogP contribution in [0.4, 0.5) is 23.3 Å². The molecule has 4 aromatic heterocycles. The first-order chi connectivity index (χ1) is 15.3. The van der Waals surface area contributed by atoms with Gasteiger partial charge in [-0.25, -0.2) is 9.97 Å². The van der Waals surface area contributed by atoms with E-state index < -0.39 is 5.60 Å². The van der Waals surface area contributed by atoms with Gasteiger partial charge in [-0.05, 0) is 50.3 Å². The Labute approximate surface area is 190 Å². The molecule has 168 valence electrons. The summed E-state index contributed by atoms with van der Waals surface area (Å²) in [6.45, 7) is 6.92. The van der Waals surface area contributed by atoms with Crippen molar-refractivity contribution in [1.29, 1.82) is 0 Å². The summed E-state index contributed by atoms with van der Waals surface area (Å²) in [4.78, 5) is 14.8. The van der Waals surface area contributed by atoms with Gasteiger partial charge in [-0.1, -0.05) is 6.07 Å². The minimum Gasteiger partial charge on any atom is -0.385 e. The Balaban J connectivity index is 1.61. The second kappa shape index (κ2) is 9.19. The smallest absolute Gasteiger partial charge is 0.230 e. The molecule has 0 fully saturated rings. The second-order valence-electron chi connectivity index (χ2n) is 8.05. The summed E-state index contributed by atoms with van der Waals surface area (Å²) in [6, 6.07) is 5.51. The third kappa shape index (κ3) is 5.04. The largest absolute Gasteiger partial charge is 0.385 e. The Morgan fingerprint density at radius 1 is 1.19 bits per heavy atom. The molecule has 4 rings (SSSR count). The van der Waals surface area contributed by atoms with Crippen molar-refractivity contribution < 1.29 is 9.84 Å². The van der Waals surface area contributed by atoms with E-state index in [4.69, 9.17) is 9.72 Å². The Morgan fingerprint density at radius 3 is 2.81 bits per heavy atom. The molecule has 32 heavy (non-hydrogen) atoms. The summed E-state index contributed by atoms with van der Waals surface area (Å²) in [6.07, 6.45) is 4.56. The number of nitrogens with one attached hydrogen (secondary N) is 2. The van der Waals surface area contributed by atoms with Crippen LogP contribution in [-0.4, -0.2) is 43.6 Å². The van der Waals surface area contributed by atoms with Gasteiger partial charge in [0.1, 0.15) is 22.1 Å². The van der Waals surface area contributed by atoms with E-state index in [1.165, 1.54) is 0 Å². The number of hydrogen-bond donors (Lipinski definition) is 3. The lowest BCUT2D eigenvalue weighted by Gasteiger charge is -2.17. The van der Waals surface area contributed by atoms with Gasteiger partial charge in [0.2, 0.25) is 5.95 Å². The van der Waals surface area contributed by atoms with Crippen molar-refractivity contribution >= 4 is 44.8 Å². The molecule has 0 saturated carbocycles. The van der Waals surface area contributed by atoms with Crippen LogP contribution in [0.2, 0.25) is 0 Å². The predicted molar refractivity (Wildman–Crippen MR) is 127 cm³/mol. The lowest BCUT2D eigenvalue weighted by Crippen LogP contribution is -2.17. The van der Waals surface area contributed by atoms with Crippen molar-refractivity contribution in [3.8, 4) is 0 Å². The number of methoxy groups -OCH3 is 1. The number of nitrogens with zero attached hydrogens (tertiary/aromatic N) is 5. The van der Waals surface area contributed by atoms with Crippen LogP contribution in [0, 0.1) is 6.92 Å². The first-order valence-electron chi connectivity index (χ1n) is 10.3. The second-order valence-corrected chi connectivity index (χ2v) is 8.91. The van der Waals surface area contributed by atoms with Crippen molar-refractivity contribution in [2.75, 3.05) is 24.4 Å². The average Bonchev–Trinajstić information content (AvgIpc) is 3.34. The Morgan fingerprint density at radius 2 is 2.03 bits per heavy atom. The fourth-order valence-corrected chi connectivity index (χ4v) is 4.17. The molecule has 4 aromatic rings. The zero-order valence-corrected chi connectivity index (χ0v) is 19.4. The van der Waals surface area contributed by atoms with Gasteiger partial charge < -0.3 is 20.5 Å². The molecule has 0 spiro atoms. The highest BCUT2D eigenvalue weighted by molar-refractivity contribution is 7.17. The molecule has 0 atom stereocenters. The number of aliphatic hydroxyl groups is 1. The molecule has 0 aliphatic heterocycles. The van der Waals surface area contributed by atoms with Crippen molar-refractivity contribution in [3.05, 3.63) is 47.2 Å². The number of aromatic nitrogens is 5. The summed E-state index contributed by atoms with van der Waals surface area (Å²) < 4.78 is 6.96. The van der Waals surface area contributed by atoms with Gasteiger partial charge in [-0.15, -0.1) is 11.3 Å². The lowest BCUT2D eigenvalue weighted by atomic mass is 10.1. The molecule has 0 amide bonds. The highest BCUT2D eigenvalue weighted by Gasteiger charge is 2.19. The van der Waals surface area contributed by atoms with Gasteiger partial charge in [0.25, 0.3) is 0 Å². The number of hydrogen-bond acceptors (Lipinski definition) is 9. The van der Waals surface area contributed by atoms with E-state index in [-0.39, 0.29) is 0 Å². The monoisotopic (exact) mass is 453 g/mol. The maximum absolute atomic E-state index is 10.3. The van der Waals surface area contributed by atoms with E-state index in [0.29, 0.717) is 29.9 Å². The standard InChI is InChI=1S/C22H27N7O2S/c1-14-13-32-20-18(14)19(26-17-8-5-7-16(25-17)22(2,3)30)27-21(28-20)24-15-11-23-29(12-15)9-6-10-31-4/h5,7-8,11-13,30H,6,9-10H2,1-4H3,(H2,24,25,26,27,28). The Bertz CT molecular complexity index is 1210. The molecular weight excluding hydrogens is 426 g/mol. The number of thiophene rings is 1. The summed E-state index contributed by atoms with van der Waals surface area (Å²) in [5.74, 6) is 1.73. The minimum atomic E-state index is -1.03. The lowest BCUT2D eigenvalue weighted by molar-refractivity contribution is 0.0740. The van der Waals surface area contributed by atoms with Gasteiger partial charge in [0, 0.05) is 26.5 Å². The summed E-state index contributed by atoms with van der Waals surface area (Å²) in [7, 11) is 1.69. The third-order valence-corrected chi connectivity index (χ3v) is 5.86. The topological polar surface area (TPSA) is 110 Å². The van der Waals surface area contributed by atoms with Gasteiger partial charge in [0.05, 0.1) is 23.0 Å². The van der Waals surface area contributed by atoms with Crippen LogP contribution in [0.1, 0.15) is 31.5 Å². The zero-order chi connectivity index (χ0) is 22.7. The van der Waals surface area contributed by atoms with Gasteiger partial charge in [-0.3, -0.25) is 4.68 Å². The van der Waals surface area contributed by atoms with Crippen molar-refractivity contribution in [1.82, 2.24) is 24.7 Å². The van der Waals surface area contributed by atoms with E-state index in [0.717, 1.165) is 34.4 Å². The summed E-state index contributed by atoms with van der Waals surface area (Å²) in [5, 5.41) is 24.2. The van der Waals surface area contributed by atoms with Gasteiger partial charge in [-0.2, -0.15) is 10.1 Å². The first kappa shape index (κ1) is 22.1.